The molecule has 1 rings (SSSR count). The first-order chi connectivity index (χ1) is 9.12. The Kier molecular flexibility index (Phi) is 5.31. The van der Waals surface area contributed by atoms with Crippen LogP contribution in [0.2, 0.25) is 0 Å². The van der Waals surface area contributed by atoms with Crippen molar-refractivity contribution in [2.24, 2.45) is 17.8 Å². The zero-order valence-electron chi connectivity index (χ0n) is 12.4. The van der Waals surface area contributed by atoms with Crippen LogP contribution in [-0.2, 0) is 6.18 Å². The van der Waals surface area contributed by atoms with E-state index in [2.05, 4.69) is 33.0 Å². The number of nitrogen functional groups attached to an aromatic ring is 1. The van der Waals surface area contributed by atoms with Gasteiger partial charge in [-0.1, -0.05) is 27.7 Å². The highest BCUT2D eigenvalue weighted by Gasteiger charge is 2.34. The summed E-state index contributed by atoms with van der Waals surface area (Å²) in [5.41, 5.74) is 4.96. The molecule has 0 radical (unpaired) electrons. The van der Waals surface area contributed by atoms with Crippen LogP contribution in [0.25, 0.3) is 0 Å². The average Bonchev–Trinajstić information content (AvgIpc) is 2.28. The van der Waals surface area contributed by atoms with E-state index in [1.54, 1.807) is 0 Å². The van der Waals surface area contributed by atoms with Gasteiger partial charge in [-0.25, -0.2) is 0 Å². The zero-order chi connectivity index (χ0) is 15.5. The molecule has 5 heteroatoms. The van der Waals surface area contributed by atoms with Crippen LogP contribution in [-0.4, -0.2) is 6.54 Å². The van der Waals surface area contributed by atoms with Gasteiger partial charge in [-0.05, 0) is 36.0 Å². The van der Waals surface area contributed by atoms with E-state index in [9.17, 15) is 13.2 Å². The van der Waals surface area contributed by atoms with Gasteiger partial charge in [-0.2, -0.15) is 13.2 Å². The van der Waals surface area contributed by atoms with Crippen LogP contribution in [0.15, 0.2) is 18.2 Å². The van der Waals surface area contributed by atoms with E-state index in [-0.39, 0.29) is 11.4 Å². The minimum absolute atomic E-state index is 0.0954. The lowest BCUT2D eigenvalue weighted by molar-refractivity contribution is -0.136. The molecule has 0 aliphatic carbocycles. The Labute approximate surface area is 118 Å². The monoisotopic (exact) mass is 288 g/mol. The SMILES string of the molecule is CC(C)C(CNc1ccc(N)cc1C(F)(F)F)C(C)C. The number of alkyl halides is 3. The van der Waals surface area contributed by atoms with Gasteiger partial charge < -0.3 is 11.1 Å². The van der Waals surface area contributed by atoms with Crippen molar-refractivity contribution >= 4 is 11.4 Å². The molecule has 3 N–H and O–H groups in total. The van der Waals surface area contributed by atoms with E-state index in [4.69, 9.17) is 5.73 Å². The maximum Gasteiger partial charge on any atom is 0.418 e. The minimum Gasteiger partial charge on any atom is -0.399 e. The molecular weight excluding hydrogens is 265 g/mol. The summed E-state index contributed by atoms with van der Waals surface area (Å²) in [5.74, 6) is 1.13. The molecule has 0 saturated heterocycles. The number of hydrogen-bond donors (Lipinski definition) is 2. The van der Waals surface area contributed by atoms with Crippen LogP contribution in [0, 0.1) is 17.8 Å². The van der Waals surface area contributed by atoms with Gasteiger partial charge in [0.1, 0.15) is 0 Å². The predicted molar refractivity (Wildman–Crippen MR) is 77.5 cm³/mol. The van der Waals surface area contributed by atoms with Crippen molar-refractivity contribution in [3.05, 3.63) is 23.8 Å². The van der Waals surface area contributed by atoms with Crippen molar-refractivity contribution in [3.63, 3.8) is 0 Å². The van der Waals surface area contributed by atoms with Gasteiger partial charge in [0.15, 0.2) is 0 Å². The minimum atomic E-state index is -4.40. The smallest absolute Gasteiger partial charge is 0.399 e. The molecule has 1 aromatic rings. The Balaban J connectivity index is 2.93. The van der Waals surface area contributed by atoms with E-state index >= 15 is 0 Å². The molecule has 0 saturated carbocycles. The molecular formula is C15H23F3N2. The quantitative estimate of drug-likeness (QED) is 0.775. The first kappa shape index (κ1) is 16.7. The van der Waals surface area contributed by atoms with Crippen LogP contribution in [0.4, 0.5) is 24.5 Å². The van der Waals surface area contributed by atoms with Crippen molar-refractivity contribution < 1.29 is 13.2 Å². The largest absolute Gasteiger partial charge is 0.418 e. The summed E-state index contributed by atoms with van der Waals surface area (Å²) >= 11 is 0. The first-order valence-corrected chi connectivity index (χ1v) is 6.83. The fourth-order valence-electron chi connectivity index (χ4n) is 2.42. The second-order valence-electron chi connectivity index (χ2n) is 5.84. The summed E-state index contributed by atoms with van der Waals surface area (Å²) < 4.78 is 38.9. The molecule has 0 amide bonds. The number of hydrogen-bond acceptors (Lipinski definition) is 2. The maximum atomic E-state index is 13.0. The lowest BCUT2D eigenvalue weighted by Gasteiger charge is -2.26. The summed E-state index contributed by atoms with van der Waals surface area (Å²) in [6, 6.07) is 3.86. The first-order valence-electron chi connectivity index (χ1n) is 6.83. The van der Waals surface area contributed by atoms with Crippen LogP contribution >= 0.6 is 0 Å². The van der Waals surface area contributed by atoms with Crippen molar-refractivity contribution in [3.8, 4) is 0 Å². The Morgan fingerprint density at radius 3 is 2.10 bits per heavy atom. The molecule has 1 aromatic carbocycles. The van der Waals surface area contributed by atoms with E-state index < -0.39 is 11.7 Å². The van der Waals surface area contributed by atoms with Crippen LogP contribution in [0.3, 0.4) is 0 Å². The third kappa shape index (κ3) is 4.32. The van der Waals surface area contributed by atoms with Gasteiger partial charge >= 0.3 is 6.18 Å². The Morgan fingerprint density at radius 1 is 1.10 bits per heavy atom. The Bertz CT molecular complexity index is 431. The van der Waals surface area contributed by atoms with Crippen LogP contribution < -0.4 is 11.1 Å². The highest BCUT2D eigenvalue weighted by Crippen LogP contribution is 2.36. The van der Waals surface area contributed by atoms with Gasteiger partial charge in [-0.3, -0.25) is 0 Å². The standard InChI is InChI=1S/C15H23F3N2/c1-9(2)12(10(3)4)8-20-14-6-5-11(19)7-13(14)15(16,17)18/h5-7,9-10,12,20H,8,19H2,1-4H3. The number of rotatable bonds is 5. The maximum absolute atomic E-state index is 13.0. The lowest BCUT2D eigenvalue weighted by atomic mass is 9.85. The third-order valence-corrected chi connectivity index (χ3v) is 3.59. The number of benzene rings is 1. The number of nitrogens with one attached hydrogen (secondary N) is 1. The second kappa shape index (κ2) is 6.37. The van der Waals surface area contributed by atoms with Gasteiger partial charge in [0.05, 0.1) is 5.56 Å². The summed E-state index contributed by atoms with van der Waals surface area (Å²) in [7, 11) is 0. The molecule has 0 bridgehead atoms. The van der Waals surface area contributed by atoms with E-state index in [1.807, 2.05) is 0 Å². The van der Waals surface area contributed by atoms with Crippen LogP contribution in [0.1, 0.15) is 33.3 Å². The summed E-state index contributed by atoms with van der Waals surface area (Å²) in [4.78, 5) is 0. The summed E-state index contributed by atoms with van der Waals surface area (Å²) in [5, 5.41) is 2.93. The van der Waals surface area contributed by atoms with Gasteiger partial charge in [0.25, 0.3) is 0 Å². The van der Waals surface area contributed by atoms with Crippen molar-refractivity contribution in [2.75, 3.05) is 17.6 Å². The lowest BCUT2D eigenvalue weighted by Crippen LogP contribution is -2.25. The number of nitrogens with two attached hydrogens (primary N) is 1. The van der Waals surface area contributed by atoms with Crippen molar-refractivity contribution in [2.45, 2.75) is 33.9 Å². The summed E-state index contributed by atoms with van der Waals surface area (Å²) in [6.07, 6.45) is -4.40. The normalized spacial score (nSPS) is 12.5. The highest BCUT2D eigenvalue weighted by atomic mass is 19.4. The Hall–Kier alpha value is -1.39. The molecule has 0 fully saturated rings. The Morgan fingerprint density at radius 2 is 1.65 bits per heavy atom. The molecule has 114 valence electrons. The van der Waals surface area contributed by atoms with E-state index in [0.717, 1.165) is 6.07 Å². The molecule has 0 unspecified atom stereocenters. The van der Waals surface area contributed by atoms with Crippen molar-refractivity contribution in [1.82, 2.24) is 0 Å². The van der Waals surface area contributed by atoms with Gasteiger partial charge in [0, 0.05) is 17.9 Å². The number of halogens is 3. The van der Waals surface area contributed by atoms with Gasteiger partial charge in [-0.15, -0.1) is 0 Å². The zero-order valence-corrected chi connectivity index (χ0v) is 12.4. The molecule has 2 nitrogen and oxygen atoms in total. The molecule has 0 atom stereocenters. The molecule has 0 aliphatic rings. The topological polar surface area (TPSA) is 38.0 Å². The van der Waals surface area contributed by atoms with E-state index in [0.29, 0.717) is 24.3 Å². The molecule has 0 aromatic heterocycles. The molecule has 0 heterocycles. The highest BCUT2D eigenvalue weighted by molar-refractivity contribution is 5.59. The number of anilines is 2. The second-order valence-corrected chi connectivity index (χ2v) is 5.84. The van der Waals surface area contributed by atoms with Crippen molar-refractivity contribution in [1.29, 1.82) is 0 Å². The molecule has 0 spiro atoms. The molecule has 0 aliphatic heterocycles. The predicted octanol–water partition coefficient (Wildman–Crippen LogP) is 4.63. The third-order valence-electron chi connectivity index (χ3n) is 3.59. The fraction of sp³-hybridized carbons (Fsp3) is 0.600. The molecule has 20 heavy (non-hydrogen) atoms. The van der Waals surface area contributed by atoms with Gasteiger partial charge in [0.2, 0.25) is 0 Å². The average molecular weight is 288 g/mol. The van der Waals surface area contributed by atoms with Crippen LogP contribution in [0.5, 0.6) is 0 Å². The fourth-order valence-corrected chi connectivity index (χ4v) is 2.42. The van der Waals surface area contributed by atoms with E-state index in [1.165, 1.54) is 12.1 Å². The summed E-state index contributed by atoms with van der Waals surface area (Å²) in [6.45, 7) is 8.85.